The first-order valence-corrected chi connectivity index (χ1v) is 8.70. The van der Waals surface area contributed by atoms with Crippen molar-refractivity contribution in [1.29, 1.82) is 0 Å². The van der Waals surface area contributed by atoms with Crippen LogP contribution in [0, 0.1) is 0 Å². The van der Waals surface area contributed by atoms with Crippen LogP contribution in [-0.4, -0.2) is 22.4 Å². The van der Waals surface area contributed by atoms with Crippen LogP contribution in [0.25, 0.3) is 0 Å². The van der Waals surface area contributed by atoms with Gasteiger partial charge in [0.25, 0.3) is 11.5 Å². The van der Waals surface area contributed by atoms with E-state index in [1.807, 2.05) is 0 Å². The van der Waals surface area contributed by atoms with E-state index >= 15 is 0 Å². The van der Waals surface area contributed by atoms with Crippen LogP contribution < -0.4 is 16.2 Å². The number of para-hydroxylation sites is 1. The summed E-state index contributed by atoms with van der Waals surface area (Å²) >= 11 is 5.57. The Bertz CT molecular complexity index is 984. The number of hydrogen-bond donors (Lipinski definition) is 2. The van der Waals surface area contributed by atoms with Gasteiger partial charge in [-0.05, 0) is 31.0 Å². The molecule has 0 spiro atoms. The van der Waals surface area contributed by atoms with Crippen molar-refractivity contribution in [2.75, 3.05) is 5.32 Å². The van der Waals surface area contributed by atoms with E-state index in [1.54, 1.807) is 12.1 Å². The van der Waals surface area contributed by atoms with Crippen LogP contribution in [0.3, 0.4) is 0 Å². The van der Waals surface area contributed by atoms with Gasteiger partial charge in [0.2, 0.25) is 5.91 Å². The summed E-state index contributed by atoms with van der Waals surface area (Å²) in [6.45, 7) is -0.693. The first-order valence-electron chi connectivity index (χ1n) is 8.32. The predicted molar refractivity (Wildman–Crippen MR) is 96.3 cm³/mol. The number of nitrogens with zero attached hydrogens (tertiary/aromatic N) is 1. The summed E-state index contributed by atoms with van der Waals surface area (Å²) < 4.78 is 39.3. The van der Waals surface area contributed by atoms with Gasteiger partial charge in [0.1, 0.15) is 11.6 Å². The first-order chi connectivity index (χ1) is 13.1. The van der Waals surface area contributed by atoms with E-state index in [0.717, 1.165) is 12.8 Å². The third-order valence-electron chi connectivity index (χ3n) is 4.04. The third kappa shape index (κ3) is 4.72. The Kier molecular flexibility index (Phi) is 5.46. The van der Waals surface area contributed by atoms with Crippen LogP contribution in [0.4, 0.5) is 18.9 Å². The number of amides is 2. The standard InChI is InChI=1S/C18H15ClF3N3O3/c19-13-7-10(18(20,21)22)8-25(17(13)28)9-15(26)24-14-4-2-1-3-12(14)16(27)23-11-5-6-11/h1-4,7-8,11H,5-6,9H2,(H,23,27)(H,24,26). The van der Waals surface area contributed by atoms with Crippen molar-refractivity contribution < 1.29 is 22.8 Å². The van der Waals surface area contributed by atoms with Crippen LogP contribution in [0.1, 0.15) is 28.8 Å². The molecule has 1 heterocycles. The second-order valence-electron chi connectivity index (χ2n) is 6.35. The van der Waals surface area contributed by atoms with E-state index in [9.17, 15) is 27.6 Å². The molecule has 2 amide bonds. The highest BCUT2D eigenvalue weighted by molar-refractivity contribution is 6.30. The molecule has 10 heteroatoms. The van der Waals surface area contributed by atoms with Gasteiger partial charge in [-0.1, -0.05) is 23.7 Å². The summed E-state index contributed by atoms with van der Waals surface area (Å²) in [6.07, 6.45) is -2.42. The van der Waals surface area contributed by atoms with Crippen molar-refractivity contribution in [2.24, 2.45) is 0 Å². The molecule has 148 valence electrons. The zero-order chi connectivity index (χ0) is 20.5. The first kappa shape index (κ1) is 19.9. The van der Waals surface area contributed by atoms with Gasteiger partial charge in [0, 0.05) is 12.2 Å². The lowest BCUT2D eigenvalue weighted by molar-refractivity contribution is -0.138. The predicted octanol–water partition coefficient (Wildman–Crippen LogP) is 3.05. The quantitative estimate of drug-likeness (QED) is 0.790. The Morgan fingerprint density at radius 1 is 1.21 bits per heavy atom. The molecular weight excluding hydrogens is 399 g/mol. The van der Waals surface area contributed by atoms with Gasteiger partial charge < -0.3 is 15.2 Å². The number of pyridine rings is 1. The second-order valence-corrected chi connectivity index (χ2v) is 6.76. The highest BCUT2D eigenvalue weighted by Gasteiger charge is 2.32. The molecule has 1 aromatic carbocycles. The lowest BCUT2D eigenvalue weighted by Crippen LogP contribution is -2.30. The average molecular weight is 414 g/mol. The van der Waals surface area contributed by atoms with Gasteiger partial charge in [0.15, 0.2) is 0 Å². The van der Waals surface area contributed by atoms with Gasteiger partial charge >= 0.3 is 6.18 Å². The van der Waals surface area contributed by atoms with Crippen LogP contribution >= 0.6 is 11.6 Å². The number of aromatic nitrogens is 1. The van der Waals surface area contributed by atoms with E-state index in [4.69, 9.17) is 11.6 Å². The fraction of sp³-hybridized carbons (Fsp3) is 0.278. The van der Waals surface area contributed by atoms with Crippen LogP contribution in [-0.2, 0) is 17.5 Å². The van der Waals surface area contributed by atoms with Gasteiger partial charge in [0.05, 0.1) is 16.8 Å². The molecule has 1 aromatic heterocycles. The summed E-state index contributed by atoms with van der Waals surface area (Å²) in [6, 6.07) is 6.84. The molecule has 1 fully saturated rings. The highest BCUT2D eigenvalue weighted by atomic mass is 35.5. The van der Waals surface area contributed by atoms with E-state index < -0.39 is 34.8 Å². The number of rotatable bonds is 5. The zero-order valence-corrected chi connectivity index (χ0v) is 15.1. The molecule has 0 bridgehead atoms. The van der Waals surface area contributed by atoms with Crippen LogP contribution in [0.15, 0.2) is 41.3 Å². The van der Waals surface area contributed by atoms with Crippen LogP contribution in [0.2, 0.25) is 5.02 Å². The summed E-state index contributed by atoms with van der Waals surface area (Å²) in [5, 5.41) is 4.59. The smallest absolute Gasteiger partial charge is 0.349 e. The molecule has 2 aromatic rings. The molecule has 0 aliphatic heterocycles. The zero-order valence-electron chi connectivity index (χ0n) is 14.3. The second kappa shape index (κ2) is 7.67. The number of benzene rings is 1. The van der Waals surface area contributed by atoms with E-state index in [0.29, 0.717) is 16.8 Å². The summed E-state index contributed by atoms with van der Waals surface area (Å²) in [5.74, 6) is -1.14. The summed E-state index contributed by atoms with van der Waals surface area (Å²) in [7, 11) is 0. The molecule has 0 unspecified atom stereocenters. The lowest BCUT2D eigenvalue weighted by atomic mass is 10.1. The van der Waals surface area contributed by atoms with Crippen molar-refractivity contribution in [2.45, 2.75) is 31.6 Å². The third-order valence-corrected chi connectivity index (χ3v) is 4.31. The van der Waals surface area contributed by atoms with E-state index in [-0.39, 0.29) is 23.2 Å². The van der Waals surface area contributed by atoms with Gasteiger partial charge in [-0.3, -0.25) is 14.4 Å². The summed E-state index contributed by atoms with van der Waals surface area (Å²) in [5.41, 5.74) is -1.66. The molecule has 6 nitrogen and oxygen atoms in total. The molecule has 1 aliphatic rings. The molecule has 0 radical (unpaired) electrons. The molecule has 28 heavy (non-hydrogen) atoms. The van der Waals surface area contributed by atoms with Gasteiger partial charge in [-0.25, -0.2) is 0 Å². The summed E-state index contributed by atoms with van der Waals surface area (Å²) in [4.78, 5) is 36.5. The normalized spacial score (nSPS) is 13.9. The maximum Gasteiger partial charge on any atom is 0.417 e. The number of halogens is 4. The minimum Gasteiger partial charge on any atom is -0.349 e. The van der Waals surface area contributed by atoms with Gasteiger partial charge in [-0.15, -0.1) is 0 Å². The molecule has 1 saturated carbocycles. The van der Waals surface area contributed by atoms with Crippen molar-refractivity contribution >= 4 is 29.1 Å². The minimum absolute atomic E-state index is 0.113. The Balaban J connectivity index is 1.79. The Hall–Kier alpha value is -2.81. The SMILES string of the molecule is O=C(Cn1cc(C(F)(F)F)cc(Cl)c1=O)Nc1ccccc1C(=O)NC1CC1. The molecule has 0 saturated heterocycles. The van der Waals surface area contributed by atoms with Crippen molar-refractivity contribution in [3.8, 4) is 0 Å². The average Bonchev–Trinajstić information content (AvgIpc) is 3.42. The van der Waals surface area contributed by atoms with Crippen molar-refractivity contribution in [3.63, 3.8) is 0 Å². The Morgan fingerprint density at radius 3 is 2.54 bits per heavy atom. The monoisotopic (exact) mass is 413 g/mol. The Labute approximate surface area is 162 Å². The number of anilines is 1. The fourth-order valence-corrected chi connectivity index (χ4v) is 2.72. The maximum absolute atomic E-state index is 12.9. The largest absolute Gasteiger partial charge is 0.417 e. The van der Waals surface area contributed by atoms with Gasteiger partial charge in [-0.2, -0.15) is 13.2 Å². The molecule has 2 N–H and O–H groups in total. The van der Waals surface area contributed by atoms with Crippen molar-refractivity contribution in [1.82, 2.24) is 9.88 Å². The van der Waals surface area contributed by atoms with E-state index in [2.05, 4.69) is 10.6 Å². The topological polar surface area (TPSA) is 80.2 Å². The number of alkyl halides is 3. The van der Waals surface area contributed by atoms with E-state index in [1.165, 1.54) is 12.1 Å². The highest BCUT2D eigenvalue weighted by Crippen LogP contribution is 2.29. The number of hydrogen-bond acceptors (Lipinski definition) is 3. The molecular formula is C18H15ClF3N3O3. The number of nitrogens with one attached hydrogen (secondary N) is 2. The number of carbonyl (C=O) groups is 2. The molecule has 3 rings (SSSR count). The number of carbonyl (C=O) groups excluding carboxylic acids is 2. The molecule has 0 atom stereocenters. The van der Waals surface area contributed by atoms with Crippen LogP contribution in [0.5, 0.6) is 0 Å². The Morgan fingerprint density at radius 2 is 1.89 bits per heavy atom. The maximum atomic E-state index is 12.9. The fourth-order valence-electron chi connectivity index (χ4n) is 2.50. The molecule has 1 aliphatic carbocycles. The minimum atomic E-state index is -4.72. The van der Waals surface area contributed by atoms with Crippen molar-refractivity contribution in [3.05, 3.63) is 63.0 Å². The lowest BCUT2D eigenvalue weighted by Gasteiger charge is -2.13.